The SMILES string of the molecule is COCc1ccc(C(=O)OCC(=O)N[C@H](C)C23CC4CC(CC(C4)C2)C3)cc1. The molecule has 4 fully saturated rings. The van der Waals surface area contributed by atoms with Gasteiger partial charge in [-0.2, -0.15) is 0 Å². The number of hydrogen-bond donors (Lipinski definition) is 1. The molecule has 1 N–H and O–H groups in total. The summed E-state index contributed by atoms with van der Waals surface area (Å²) in [5.41, 5.74) is 1.69. The molecule has 0 saturated heterocycles. The summed E-state index contributed by atoms with van der Waals surface area (Å²) in [6.45, 7) is 2.41. The molecule has 0 unspecified atom stereocenters. The van der Waals surface area contributed by atoms with E-state index in [9.17, 15) is 9.59 Å². The summed E-state index contributed by atoms with van der Waals surface area (Å²) in [6.07, 6.45) is 7.90. The van der Waals surface area contributed by atoms with Crippen molar-refractivity contribution in [2.24, 2.45) is 23.2 Å². The maximum atomic E-state index is 12.4. The van der Waals surface area contributed by atoms with Gasteiger partial charge in [0.25, 0.3) is 5.91 Å². The van der Waals surface area contributed by atoms with E-state index in [1.54, 1.807) is 19.2 Å². The van der Waals surface area contributed by atoms with Gasteiger partial charge in [-0.05, 0) is 86.3 Å². The van der Waals surface area contributed by atoms with Gasteiger partial charge in [-0.25, -0.2) is 4.79 Å². The minimum Gasteiger partial charge on any atom is -0.452 e. The largest absolute Gasteiger partial charge is 0.452 e. The number of amides is 1. The van der Waals surface area contributed by atoms with Crippen molar-refractivity contribution in [2.75, 3.05) is 13.7 Å². The number of carbonyl (C=O) groups excluding carboxylic acids is 2. The topological polar surface area (TPSA) is 64.6 Å². The van der Waals surface area contributed by atoms with E-state index in [0.29, 0.717) is 12.2 Å². The van der Waals surface area contributed by atoms with Crippen LogP contribution in [0.2, 0.25) is 0 Å². The van der Waals surface area contributed by atoms with E-state index in [2.05, 4.69) is 12.2 Å². The van der Waals surface area contributed by atoms with Crippen LogP contribution >= 0.6 is 0 Å². The van der Waals surface area contributed by atoms with Crippen LogP contribution in [0, 0.1) is 23.2 Å². The second-order valence-corrected chi connectivity index (χ2v) is 9.28. The summed E-state index contributed by atoms with van der Waals surface area (Å²) < 4.78 is 10.3. The number of rotatable bonds is 7. The zero-order valence-electron chi connectivity index (χ0n) is 16.9. The molecule has 5 rings (SSSR count). The van der Waals surface area contributed by atoms with Crippen molar-refractivity contribution in [1.29, 1.82) is 0 Å². The lowest BCUT2D eigenvalue weighted by Gasteiger charge is -2.59. The van der Waals surface area contributed by atoms with E-state index < -0.39 is 5.97 Å². The molecule has 0 aromatic heterocycles. The Bertz CT molecular complexity index is 691. The highest BCUT2D eigenvalue weighted by atomic mass is 16.5. The minimum absolute atomic E-state index is 0.139. The van der Waals surface area contributed by atoms with E-state index in [-0.39, 0.29) is 24.0 Å². The van der Waals surface area contributed by atoms with Gasteiger partial charge in [0.05, 0.1) is 12.2 Å². The monoisotopic (exact) mass is 385 g/mol. The molecule has 0 heterocycles. The predicted octanol–water partition coefficient (Wildman–Crippen LogP) is 3.71. The Balaban J connectivity index is 1.28. The third kappa shape index (κ3) is 3.95. The molecule has 1 amide bonds. The van der Waals surface area contributed by atoms with E-state index in [1.165, 1.54) is 38.5 Å². The summed E-state index contributed by atoms with van der Waals surface area (Å²) in [7, 11) is 1.63. The molecule has 1 atom stereocenters. The Morgan fingerprint density at radius 1 is 1.07 bits per heavy atom. The van der Waals surface area contributed by atoms with Crippen molar-refractivity contribution in [3.8, 4) is 0 Å². The Hall–Kier alpha value is -1.88. The number of methoxy groups -OCH3 is 1. The molecule has 4 bridgehead atoms. The molecule has 0 spiro atoms. The smallest absolute Gasteiger partial charge is 0.338 e. The average molecular weight is 386 g/mol. The zero-order valence-corrected chi connectivity index (χ0v) is 16.9. The van der Waals surface area contributed by atoms with E-state index in [4.69, 9.17) is 9.47 Å². The quantitative estimate of drug-likeness (QED) is 0.727. The predicted molar refractivity (Wildman–Crippen MR) is 106 cm³/mol. The summed E-state index contributed by atoms with van der Waals surface area (Å²) in [4.78, 5) is 24.6. The number of carbonyl (C=O) groups is 2. The van der Waals surface area contributed by atoms with Crippen molar-refractivity contribution in [2.45, 2.75) is 58.1 Å². The lowest BCUT2D eigenvalue weighted by molar-refractivity contribution is -0.128. The van der Waals surface area contributed by atoms with Gasteiger partial charge in [-0.1, -0.05) is 12.1 Å². The highest BCUT2D eigenvalue weighted by molar-refractivity contribution is 5.91. The lowest BCUT2D eigenvalue weighted by Crippen LogP contribution is -2.56. The maximum absolute atomic E-state index is 12.4. The molecule has 28 heavy (non-hydrogen) atoms. The summed E-state index contributed by atoms with van der Waals surface area (Å²) in [5.74, 6) is 1.88. The highest BCUT2D eigenvalue weighted by Gasteiger charge is 2.53. The molecule has 5 nitrogen and oxygen atoms in total. The summed E-state index contributed by atoms with van der Waals surface area (Å²) >= 11 is 0. The molecule has 1 aromatic carbocycles. The Labute approximate surface area is 167 Å². The number of ether oxygens (including phenoxy) is 2. The summed E-state index contributed by atoms with van der Waals surface area (Å²) in [5, 5.41) is 3.14. The number of nitrogens with one attached hydrogen (secondary N) is 1. The van der Waals surface area contributed by atoms with Crippen LogP contribution in [0.15, 0.2) is 24.3 Å². The van der Waals surface area contributed by atoms with Crippen molar-refractivity contribution in [3.05, 3.63) is 35.4 Å². The number of hydrogen-bond acceptors (Lipinski definition) is 4. The first-order valence-electron chi connectivity index (χ1n) is 10.5. The maximum Gasteiger partial charge on any atom is 0.338 e. The fourth-order valence-electron chi connectivity index (χ4n) is 6.26. The van der Waals surface area contributed by atoms with Gasteiger partial charge in [-0.3, -0.25) is 4.79 Å². The molecule has 0 radical (unpaired) electrons. The van der Waals surface area contributed by atoms with Crippen LogP contribution in [0.3, 0.4) is 0 Å². The zero-order chi connectivity index (χ0) is 19.7. The van der Waals surface area contributed by atoms with Crippen molar-refractivity contribution < 1.29 is 19.1 Å². The van der Waals surface area contributed by atoms with Crippen molar-refractivity contribution in [3.63, 3.8) is 0 Å². The Kier molecular flexibility index (Phi) is 5.46. The molecule has 4 saturated carbocycles. The van der Waals surface area contributed by atoms with Crippen LogP contribution in [0.25, 0.3) is 0 Å². The molecule has 5 heteroatoms. The van der Waals surface area contributed by atoms with Crippen LogP contribution in [-0.2, 0) is 20.9 Å². The van der Waals surface area contributed by atoms with Crippen LogP contribution in [0.1, 0.15) is 61.4 Å². The van der Waals surface area contributed by atoms with Crippen LogP contribution in [0.4, 0.5) is 0 Å². The van der Waals surface area contributed by atoms with Gasteiger partial charge in [-0.15, -0.1) is 0 Å². The van der Waals surface area contributed by atoms with Crippen molar-refractivity contribution in [1.82, 2.24) is 5.32 Å². The number of esters is 1. The van der Waals surface area contributed by atoms with Gasteiger partial charge in [0, 0.05) is 13.2 Å². The normalized spacial score (nSPS) is 31.4. The summed E-state index contributed by atoms with van der Waals surface area (Å²) in [6, 6.07) is 7.20. The van der Waals surface area contributed by atoms with Crippen LogP contribution in [-0.4, -0.2) is 31.6 Å². The van der Waals surface area contributed by atoms with Gasteiger partial charge in [0.2, 0.25) is 0 Å². The second kappa shape index (κ2) is 7.86. The molecular weight excluding hydrogens is 354 g/mol. The first-order valence-corrected chi connectivity index (χ1v) is 10.5. The van der Waals surface area contributed by atoms with E-state index in [0.717, 1.165) is 23.3 Å². The third-order valence-electron chi connectivity index (χ3n) is 7.22. The Morgan fingerprint density at radius 3 is 2.18 bits per heavy atom. The van der Waals surface area contributed by atoms with Gasteiger partial charge in [0.15, 0.2) is 6.61 Å². The molecule has 152 valence electrons. The standard InChI is InChI=1S/C23H31NO4/c1-15(23-10-17-7-18(11-23)9-19(8-17)12-23)24-21(25)14-28-22(26)20-5-3-16(4-6-20)13-27-2/h3-6,15,17-19H,7-14H2,1-2H3,(H,24,25)/t15-,17?,18?,19?,23?/m1/s1. The fraction of sp³-hybridized carbons (Fsp3) is 0.652. The Morgan fingerprint density at radius 2 is 1.64 bits per heavy atom. The molecular formula is C23H31NO4. The van der Waals surface area contributed by atoms with E-state index >= 15 is 0 Å². The van der Waals surface area contributed by atoms with Gasteiger partial charge < -0.3 is 14.8 Å². The minimum atomic E-state index is -0.471. The first kappa shape index (κ1) is 19.4. The third-order valence-corrected chi connectivity index (χ3v) is 7.22. The van der Waals surface area contributed by atoms with Crippen LogP contribution < -0.4 is 5.32 Å². The molecule has 1 aromatic rings. The van der Waals surface area contributed by atoms with Crippen LogP contribution in [0.5, 0.6) is 0 Å². The number of benzene rings is 1. The second-order valence-electron chi connectivity index (χ2n) is 9.28. The van der Waals surface area contributed by atoms with Gasteiger partial charge in [0.1, 0.15) is 0 Å². The molecule has 0 aliphatic heterocycles. The van der Waals surface area contributed by atoms with Crippen molar-refractivity contribution >= 4 is 11.9 Å². The van der Waals surface area contributed by atoms with E-state index in [1.807, 2.05) is 12.1 Å². The average Bonchev–Trinajstić information content (AvgIpc) is 2.66. The molecule has 4 aliphatic rings. The lowest BCUT2D eigenvalue weighted by atomic mass is 9.48. The fourth-order valence-corrected chi connectivity index (χ4v) is 6.26. The highest BCUT2D eigenvalue weighted by Crippen LogP contribution is 2.61. The molecule has 4 aliphatic carbocycles. The van der Waals surface area contributed by atoms with Gasteiger partial charge >= 0.3 is 5.97 Å². The first-order chi connectivity index (χ1) is 13.5.